The molecule has 1 aliphatic rings. The van der Waals surface area contributed by atoms with Crippen LogP contribution in [0.1, 0.15) is 19.4 Å². The van der Waals surface area contributed by atoms with E-state index in [9.17, 15) is 9.90 Å². The van der Waals surface area contributed by atoms with Gasteiger partial charge in [-0.3, -0.25) is 9.69 Å². The van der Waals surface area contributed by atoms with E-state index >= 15 is 0 Å². The van der Waals surface area contributed by atoms with Crippen molar-refractivity contribution in [3.8, 4) is 5.75 Å². The quantitative estimate of drug-likeness (QED) is 0.865. The average Bonchev–Trinajstić information content (AvgIpc) is 2.45. The molecule has 0 aliphatic carbocycles. The normalized spacial score (nSPS) is 24.9. The molecule has 0 radical (unpaired) electrons. The molecule has 5 heteroatoms. The zero-order valence-electron chi connectivity index (χ0n) is 13.0. The number of phenolic OH excluding ortho intramolecular Hbond substituents is 1. The first-order chi connectivity index (χ1) is 9.88. The van der Waals surface area contributed by atoms with Gasteiger partial charge in [-0.1, -0.05) is 12.1 Å². The van der Waals surface area contributed by atoms with E-state index in [1.807, 2.05) is 4.90 Å². The van der Waals surface area contributed by atoms with Crippen LogP contribution in [0.25, 0.3) is 0 Å². The number of amides is 1. The maximum absolute atomic E-state index is 12.5. The van der Waals surface area contributed by atoms with Gasteiger partial charge in [0.05, 0.1) is 6.04 Å². The summed E-state index contributed by atoms with van der Waals surface area (Å²) in [5.74, 6) is 0.232. The Balaban J connectivity index is 1.97. The minimum Gasteiger partial charge on any atom is -0.508 e. The van der Waals surface area contributed by atoms with E-state index in [-0.39, 0.29) is 11.7 Å². The molecule has 5 nitrogen and oxygen atoms in total. The zero-order chi connectivity index (χ0) is 15.6. The first kappa shape index (κ1) is 15.8. The van der Waals surface area contributed by atoms with Crippen molar-refractivity contribution in [2.45, 2.75) is 38.4 Å². The predicted molar refractivity (Wildman–Crippen MR) is 83.1 cm³/mol. The molecule has 0 bridgehead atoms. The van der Waals surface area contributed by atoms with Crippen molar-refractivity contribution in [3.05, 3.63) is 29.8 Å². The van der Waals surface area contributed by atoms with Crippen LogP contribution >= 0.6 is 0 Å². The first-order valence-corrected chi connectivity index (χ1v) is 7.42. The van der Waals surface area contributed by atoms with Crippen LogP contribution in [0.3, 0.4) is 0 Å². The molecule has 116 valence electrons. The topological polar surface area (TPSA) is 69.8 Å². The summed E-state index contributed by atoms with van der Waals surface area (Å²) in [6.07, 6.45) is 0.494. The number of hydrogen-bond donors (Lipinski definition) is 2. The van der Waals surface area contributed by atoms with E-state index in [1.165, 1.54) is 0 Å². The van der Waals surface area contributed by atoms with Crippen molar-refractivity contribution in [2.24, 2.45) is 5.73 Å². The molecule has 1 amide bonds. The molecule has 2 rings (SSSR count). The van der Waals surface area contributed by atoms with Crippen LogP contribution in [-0.2, 0) is 11.2 Å². The van der Waals surface area contributed by atoms with E-state index < -0.39 is 6.04 Å². The molecule has 0 aromatic heterocycles. The lowest BCUT2D eigenvalue weighted by Crippen LogP contribution is -2.59. The number of rotatable bonds is 3. The lowest BCUT2D eigenvalue weighted by molar-refractivity contribution is -0.136. The Hall–Kier alpha value is -1.59. The van der Waals surface area contributed by atoms with Crippen LogP contribution < -0.4 is 5.73 Å². The van der Waals surface area contributed by atoms with Crippen LogP contribution in [-0.4, -0.2) is 59.1 Å². The summed E-state index contributed by atoms with van der Waals surface area (Å²) in [6, 6.07) is 7.00. The van der Waals surface area contributed by atoms with Crippen LogP contribution in [0.2, 0.25) is 0 Å². The standard InChI is InChI=1S/C16H25N3O2/c1-11-9-19(10-12(2)18(11)3)16(21)15(17)8-13-4-6-14(20)7-5-13/h4-7,11-12,15,20H,8-10,17H2,1-3H3/t11?,12?,15-/m0/s1. The highest BCUT2D eigenvalue weighted by Crippen LogP contribution is 2.16. The van der Waals surface area contributed by atoms with Crippen molar-refractivity contribution in [1.82, 2.24) is 9.80 Å². The average molecular weight is 291 g/mol. The minimum absolute atomic E-state index is 0.00914. The Labute approximate surface area is 126 Å². The summed E-state index contributed by atoms with van der Waals surface area (Å²) in [5.41, 5.74) is 7.04. The highest BCUT2D eigenvalue weighted by atomic mass is 16.3. The summed E-state index contributed by atoms with van der Waals surface area (Å²) in [4.78, 5) is 16.7. The molecular formula is C16H25N3O2. The number of benzene rings is 1. The van der Waals surface area contributed by atoms with Crippen LogP contribution in [0.5, 0.6) is 5.75 Å². The van der Waals surface area contributed by atoms with Crippen molar-refractivity contribution in [3.63, 3.8) is 0 Å². The van der Waals surface area contributed by atoms with Crippen molar-refractivity contribution in [2.75, 3.05) is 20.1 Å². The molecule has 0 saturated carbocycles. The number of carbonyl (C=O) groups excluding carboxylic acids is 1. The first-order valence-electron chi connectivity index (χ1n) is 7.42. The number of hydrogen-bond acceptors (Lipinski definition) is 4. The third-order valence-electron chi connectivity index (χ3n) is 4.38. The molecule has 1 aromatic rings. The second-order valence-electron chi connectivity index (χ2n) is 6.08. The number of aromatic hydroxyl groups is 1. The van der Waals surface area contributed by atoms with Gasteiger partial charge in [0.1, 0.15) is 5.75 Å². The number of likely N-dealkylation sites (N-methyl/N-ethyl adjacent to an activating group) is 1. The van der Waals surface area contributed by atoms with Gasteiger partial charge in [-0.15, -0.1) is 0 Å². The number of phenols is 1. The highest BCUT2D eigenvalue weighted by Gasteiger charge is 2.31. The second-order valence-corrected chi connectivity index (χ2v) is 6.08. The van der Waals surface area contributed by atoms with Gasteiger partial charge >= 0.3 is 0 Å². The Morgan fingerprint density at radius 1 is 1.29 bits per heavy atom. The lowest BCUT2D eigenvalue weighted by Gasteiger charge is -2.43. The molecule has 1 saturated heterocycles. The Kier molecular flexibility index (Phi) is 4.85. The summed E-state index contributed by atoms with van der Waals surface area (Å²) in [5, 5.41) is 9.28. The maximum atomic E-state index is 12.5. The minimum atomic E-state index is -0.530. The SMILES string of the molecule is CC1CN(C(=O)[C@@H](N)Cc2ccc(O)cc2)CC(C)N1C. The van der Waals surface area contributed by atoms with E-state index in [1.54, 1.807) is 24.3 Å². The van der Waals surface area contributed by atoms with Gasteiger partial charge in [-0.05, 0) is 45.0 Å². The number of nitrogens with two attached hydrogens (primary N) is 1. The molecule has 2 unspecified atom stereocenters. The molecular weight excluding hydrogens is 266 g/mol. The number of carbonyl (C=O) groups is 1. The smallest absolute Gasteiger partial charge is 0.239 e. The van der Waals surface area contributed by atoms with Gasteiger partial charge in [0.15, 0.2) is 0 Å². The predicted octanol–water partition coefficient (Wildman–Crippen LogP) is 0.813. The third-order valence-corrected chi connectivity index (χ3v) is 4.38. The van der Waals surface area contributed by atoms with Gasteiger partial charge in [0, 0.05) is 25.2 Å². The lowest BCUT2D eigenvalue weighted by atomic mass is 10.0. The molecule has 3 atom stereocenters. The summed E-state index contributed by atoms with van der Waals surface area (Å²) < 4.78 is 0. The molecule has 3 N–H and O–H groups in total. The van der Waals surface area contributed by atoms with E-state index in [2.05, 4.69) is 25.8 Å². The van der Waals surface area contributed by atoms with Crippen LogP contribution in [0.4, 0.5) is 0 Å². The largest absolute Gasteiger partial charge is 0.508 e. The number of piperazine rings is 1. The summed E-state index contributed by atoms with van der Waals surface area (Å²) in [6.45, 7) is 5.70. The Bertz CT molecular complexity index is 477. The van der Waals surface area contributed by atoms with Gasteiger partial charge in [0.25, 0.3) is 0 Å². The molecule has 1 heterocycles. The van der Waals surface area contributed by atoms with Gasteiger partial charge < -0.3 is 15.7 Å². The van der Waals surface area contributed by atoms with Crippen LogP contribution in [0.15, 0.2) is 24.3 Å². The fourth-order valence-electron chi connectivity index (χ4n) is 2.79. The molecule has 1 aromatic carbocycles. The maximum Gasteiger partial charge on any atom is 0.239 e. The monoisotopic (exact) mass is 291 g/mol. The second kappa shape index (κ2) is 6.45. The van der Waals surface area contributed by atoms with Crippen molar-refractivity contribution >= 4 is 5.91 Å². The fourth-order valence-corrected chi connectivity index (χ4v) is 2.79. The Morgan fingerprint density at radius 3 is 2.33 bits per heavy atom. The number of nitrogens with zero attached hydrogens (tertiary/aromatic N) is 2. The highest BCUT2D eigenvalue weighted by molar-refractivity contribution is 5.82. The summed E-state index contributed by atoms with van der Waals surface area (Å²) in [7, 11) is 2.09. The molecule has 1 aliphatic heterocycles. The Morgan fingerprint density at radius 2 is 1.81 bits per heavy atom. The molecule has 1 fully saturated rings. The summed E-state index contributed by atoms with van der Waals surface area (Å²) >= 11 is 0. The van der Waals surface area contributed by atoms with Gasteiger partial charge in [-0.25, -0.2) is 0 Å². The van der Waals surface area contributed by atoms with E-state index in [4.69, 9.17) is 5.73 Å². The fraction of sp³-hybridized carbons (Fsp3) is 0.562. The van der Waals surface area contributed by atoms with Crippen molar-refractivity contribution in [1.29, 1.82) is 0 Å². The third kappa shape index (κ3) is 3.74. The molecule has 0 spiro atoms. The zero-order valence-corrected chi connectivity index (χ0v) is 13.0. The molecule has 21 heavy (non-hydrogen) atoms. The van der Waals surface area contributed by atoms with Crippen LogP contribution in [0, 0.1) is 0 Å². The van der Waals surface area contributed by atoms with Gasteiger partial charge in [0.2, 0.25) is 5.91 Å². The van der Waals surface area contributed by atoms with E-state index in [0.717, 1.165) is 18.7 Å². The van der Waals surface area contributed by atoms with Gasteiger partial charge in [-0.2, -0.15) is 0 Å². The van der Waals surface area contributed by atoms with E-state index in [0.29, 0.717) is 18.5 Å². The van der Waals surface area contributed by atoms with Crippen molar-refractivity contribution < 1.29 is 9.90 Å².